The zero-order valence-electron chi connectivity index (χ0n) is 9.37. The van der Waals surface area contributed by atoms with Crippen LogP contribution in [0.15, 0.2) is 28.7 Å². The minimum absolute atomic E-state index is 0.112. The summed E-state index contributed by atoms with van der Waals surface area (Å²) in [7, 11) is 0. The standard InChI is InChI=1S/C12H15BrO3/c1-12(2,7-6-11(14)15)16-10-5-3-4-9(13)8-10/h3-5,8H,6-7H2,1-2H3,(H,14,15). The van der Waals surface area contributed by atoms with Gasteiger partial charge in [0.25, 0.3) is 0 Å². The first-order valence-electron chi connectivity index (χ1n) is 5.05. The van der Waals surface area contributed by atoms with Crippen LogP contribution in [0.25, 0.3) is 0 Å². The van der Waals surface area contributed by atoms with Gasteiger partial charge in [-0.25, -0.2) is 0 Å². The van der Waals surface area contributed by atoms with Crippen LogP contribution in [0, 0.1) is 0 Å². The number of rotatable bonds is 5. The fraction of sp³-hybridized carbons (Fsp3) is 0.417. The second kappa shape index (κ2) is 5.34. The van der Waals surface area contributed by atoms with E-state index < -0.39 is 11.6 Å². The molecular weight excluding hydrogens is 272 g/mol. The molecule has 0 aromatic heterocycles. The van der Waals surface area contributed by atoms with Gasteiger partial charge in [0.05, 0.1) is 0 Å². The molecule has 0 bridgehead atoms. The van der Waals surface area contributed by atoms with Crippen molar-refractivity contribution in [3.63, 3.8) is 0 Å². The number of benzene rings is 1. The summed E-state index contributed by atoms with van der Waals surface area (Å²) in [5.74, 6) is -0.0596. The van der Waals surface area contributed by atoms with E-state index in [0.29, 0.717) is 6.42 Å². The average molecular weight is 287 g/mol. The van der Waals surface area contributed by atoms with E-state index in [9.17, 15) is 4.79 Å². The van der Waals surface area contributed by atoms with Crippen LogP contribution in [0.5, 0.6) is 5.75 Å². The first kappa shape index (κ1) is 13.0. The summed E-state index contributed by atoms with van der Waals surface area (Å²) in [5, 5.41) is 8.62. The Morgan fingerprint density at radius 3 is 2.75 bits per heavy atom. The SMILES string of the molecule is CC(C)(CCC(=O)O)Oc1cccc(Br)c1. The highest BCUT2D eigenvalue weighted by atomic mass is 79.9. The zero-order chi connectivity index (χ0) is 12.2. The molecule has 1 rings (SSSR count). The van der Waals surface area contributed by atoms with Crippen molar-refractivity contribution < 1.29 is 14.6 Å². The summed E-state index contributed by atoms with van der Waals surface area (Å²) in [4.78, 5) is 10.5. The molecule has 1 aromatic rings. The van der Waals surface area contributed by atoms with Gasteiger partial charge in [0.2, 0.25) is 0 Å². The minimum Gasteiger partial charge on any atom is -0.488 e. The molecule has 4 heteroatoms. The van der Waals surface area contributed by atoms with Gasteiger partial charge in [-0.15, -0.1) is 0 Å². The third-order valence-corrected chi connectivity index (χ3v) is 2.62. The lowest BCUT2D eigenvalue weighted by Gasteiger charge is -2.26. The van der Waals surface area contributed by atoms with Crippen molar-refractivity contribution in [2.45, 2.75) is 32.3 Å². The van der Waals surface area contributed by atoms with Crippen LogP contribution in [0.4, 0.5) is 0 Å². The molecule has 16 heavy (non-hydrogen) atoms. The lowest BCUT2D eigenvalue weighted by atomic mass is 10.0. The van der Waals surface area contributed by atoms with Crippen LogP contribution >= 0.6 is 15.9 Å². The van der Waals surface area contributed by atoms with Crippen molar-refractivity contribution in [2.75, 3.05) is 0 Å². The molecule has 0 atom stereocenters. The summed E-state index contributed by atoms with van der Waals surface area (Å²) in [5.41, 5.74) is -0.473. The molecule has 0 spiro atoms. The normalized spacial score (nSPS) is 11.2. The molecule has 0 saturated heterocycles. The molecule has 0 unspecified atom stereocenters. The molecule has 3 nitrogen and oxygen atoms in total. The van der Waals surface area contributed by atoms with Gasteiger partial charge in [0.1, 0.15) is 11.4 Å². The van der Waals surface area contributed by atoms with E-state index in [2.05, 4.69) is 15.9 Å². The summed E-state index contributed by atoms with van der Waals surface area (Å²) < 4.78 is 6.68. The van der Waals surface area contributed by atoms with E-state index in [4.69, 9.17) is 9.84 Å². The van der Waals surface area contributed by atoms with E-state index >= 15 is 0 Å². The van der Waals surface area contributed by atoms with E-state index in [1.165, 1.54) is 0 Å². The Morgan fingerprint density at radius 1 is 1.50 bits per heavy atom. The van der Waals surface area contributed by atoms with Crippen LogP contribution in [-0.2, 0) is 4.79 Å². The fourth-order valence-electron chi connectivity index (χ4n) is 1.31. The first-order chi connectivity index (χ1) is 7.39. The number of carboxylic acids is 1. The Kier molecular flexibility index (Phi) is 4.35. The number of halogens is 1. The maximum absolute atomic E-state index is 10.5. The lowest BCUT2D eigenvalue weighted by molar-refractivity contribution is -0.138. The smallest absolute Gasteiger partial charge is 0.303 e. The molecular formula is C12H15BrO3. The molecule has 1 N–H and O–H groups in total. The topological polar surface area (TPSA) is 46.5 Å². The van der Waals surface area contributed by atoms with E-state index in [-0.39, 0.29) is 6.42 Å². The summed E-state index contributed by atoms with van der Waals surface area (Å²) >= 11 is 3.36. The highest BCUT2D eigenvalue weighted by Crippen LogP contribution is 2.24. The van der Waals surface area contributed by atoms with E-state index in [1.807, 2.05) is 38.1 Å². The predicted octanol–water partition coefficient (Wildman–Crippen LogP) is 3.47. The molecule has 1 aromatic carbocycles. The van der Waals surface area contributed by atoms with Gasteiger partial charge in [-0.1, -0.05) is 22.0 Å². The fourth-order valence-corrected chi connectivity index (χ4v) is 1.69. The van der Waals surface area contributed by atoms with Crippen molar-refractivity contribution in [2.24, 2.45) is 0 Å². The Morgan fingerprint density at radius 2 is 2.19 bits per heavy atom. The van der Waals surface area contributed by atoms with Crippen molar-refractivity contribution in [1.29, 1.82) is 0 Å². The van der Waals surface area contributed by atoms with Crippen LogP contribution < -0.4 is 4.74 Å². The quantitative estimate of drug-likeness (QED) is 0.902. The van der Waals surface area contributed by atoms with Crippen LogP contribution in [0.2, 0.25) is 0 Å². The monoisotopic (exact) mass is 286 g/mol. The van der Waals surface area contributed by atoms with Gasteiger partial charge in [0.15, 0.2) is 0 Å². The molecule has 0 heterocycles. The predicted molar refractivity (Wildman–Crippen MR) is 65.7 cm³/mol. The number of ether oxygens (including phenoxy) is 1. The highest BCUT2D eigenvalue weighted by molar-refractivity contribution is 9.10. The molecule has 0 saturated carbocycles. The highest BCUT2D eigenvalue weighted by Gasteiger charge is 2.21. The maximum Gasteiger partial charge on any atom is 0.303 e. The largest absolute Gasteiger partial charge is 0.488 e. The van der Waals surface area contributed by atoms with Gasteiger partial charge < -0.3 is 9.84 Å². The molecule has 0 aliphatic rings. The third kappa shape index (κ3) is 4.66. The molecule has 0 aliphatic carbocycles. The summed E-state index contributed by atoms with van der Waals surface area (Å²) in [6.07, 6.45) is 0.593. The van der Waals surface area contributed by atoms with Crippen LogP contribution in [0.3, 0.4) is 0 Å². The Bertz CT molecular complexity index is 374. The second-order valence-electron chi connectivity index (χ2n) is 4.21. The number of carboxylic acid groups (broad SMARTS) is 1. The maximum atomic E-state index is 10.5. The van der Waals surface area contributed by atoms with Crippen molar-refractivity contribution in [3.8, 4) is 5.75 Å². The van der Waals surface area contributed by atoms with Crippen molar-refractivity contribution in [3.05, 3.63) is 28.7 Å². The number of hydrogen-bond acceptors (Lipinski definition) is 2. The van der Waals surface area contributed by atoms with E-state index in [0.717, 1.165) is 10.2 Å². The second-order valence-corrected chi connectivity index (χ2v) is 5.13. The zero-order valence-corrected chi connectivity index (χ0v) is 11.0. The van der Waals surface area contributed by atoms with E-state index in [1.54, 1.807) is 0 Å². The molecule has 0 fully saturated rings. The van der Waals surface area contributed by atoms with Crippen molar-refractivity contribution >= 4 is 21.9 Å². The first-order valence-corrected chi connectivity index (χ1v) is 5.85. The molecule has 0 amide bonds. The Labute approximate surface area is 104 Å². The van der Waals surface area contributed by atoms with Crippen molar-refractivity contribution in [1.82, 2.24) is 0 Å². The number of aliphatic carboxylic acids is 1. The summed E-state index contributed by atoms with van der Waals surface area (Å²) in [6.45, 7) is 3.77. The van der Waals surface area contributed by atoms with Crippen LogP contribution in [0.1, 0.15) is 26.7 Å². The average Bonchev–Trinajstić information content (AvgIpc) is 2.14. The van der Waals surface area contributed by atoms with Gasteiger partial charge in [0, 0.05) is 10.9 Å². The van der Waals surface area contributed by atoms with Gasteiger partial charge in [-0.2, -0.15) is 0 Å². The van der Waals surface area contributed by atoms with Crippen LogP contribution in [-0.4, -0.2) is 16.7 Å². The number of carbonyl (C=O) groups is 1. The van der Waals surface area contributed by atoms with Gasteiger partial charge in [-0.05, 0) is 38.5 Å². The number of hydrogen-bond donors (Lipinski definition) is 1. The Hall–Kier alpha value is -1.03. The lowest BCUT2D eigenvalue weighted by Crippen LogP contribution is -2.29. The van der Waals surface area contributed by atoms with Gasteiger partial charge >= 0.3 is 5.97 Å². The molecule has 88 valence electrons. The molecule has 0 aliphatic heterocycles. The minimum atomic E-state index is -0.800. The molecule has 0 radical (unpaired) electrons. The third-order valence-electron chi connectivity index (χ3n) is 2.13. The summed E-state index contributed by atoms with van der Waals surface area (Å²) in [6, 6.07) is 7.51. The Balaban J connectivity index is 2.61. The van der Waals surface area contributed by atoms with Gasteiger partial charge in [-0.3, -0.25) is 4.79 Å².